The van der Waals surface area contributed by atoms with Crippen molar-refractivity contribution in [1.29, 1.82) is 0 Å². The molecule has 3 nitrogen and oxygen atoms in total. The van der Waals surface area contributed by atoms with Gasteiger partial charge in [-0.05, 0) is 24.3 Å². The van der Waals surface area contributed by atoms with Gasteiger partial charge in [0.25, 0.3) is 5.91 Å². The van der Waals surface area contributed by atoms with Crippen LogP contribution in [-0.2, 0) is 11.3 Å². The summed E-state index contributed by atoms with van der Waals surface area (Å²) in [5, 5.41) is 5.46. The fourth-order valence-corrected chi connectivity index (χ4v) is 1.86. The molecule has 0 bridgehead atoms. The normalized spacial score (nSPS) is 10.2. The van der Waals surface area contributed by atoms with Gasteiger partial charge in [0, 0.05) is 16.3 Å². The number of nitrogens with two attached hydrogens (primary N) is 1. The van der Waals surface area contributed by atoms with Crippen LogP contribution in [0.4, 0.5) is 5.69 Å². The quantitative estimate of drug-likeness (QED) is 0.862. The van der Waals surface area contributed by atoms with Crippen molar-refractivity contribution in [2.75, 3.05) is 11.9 Å². The first-order chi connectivity index (χ1) is 9.24. The number of nitrogens with one attached hydrogen (secondary N) is 1. The van der Waals surface area contributed by atoms with Gasteiger partial charge in [0.15, 0.2) is 6.54 Å². The molecule has 0 atom stereocenters. The van der Waals surface area contributed by atoms with Crippen molar-refractivity contribution < 1.29 is 10.1 Å². The van der Waals surface area contributed by atoms with Gasteiger partial charge in [0.1, 0.15) is 6.54 Å². The highest BCUT2D eigenvalue weighted by molar-refractivity contribution is 6.30. The average Bonchev–Trinajstić information content (AvgIpc) is 2.43. The number of anilines is 1. The van der Waals surface area contributed by atoms with E-state index in [1.54, 1.807) is 24.3 Å². The van der Waals surface area contributed by atoms with Crippen LogP contribution < -0.4 is 10.6 Å². The molecule has 0 heterocycles. The molecule has 1 amide bonds. The maximum Gasteiger partial charge on any atom is 0.279 e. The van der Waals surface area contributed by atoms with Gasteiger partial charge in [0.2, 0.25) is 0 Å². The van der Waals surface area contributed by atoms with Gasteiger partial charge in [-0.25, -0.2) is 0 Å². The second-order valence-electron chi connectivity index (χ2n) is 4.24. The molecular weight excluding hydrogens is 260 g/mol. The van der Waals surface area contributed by atoms with Gasteiger partial charge >= 0.3 is 0 Å². The van der Waals surface area contributed by atoms with E-state index in [-0.39, 0.29) is 5.91 Å². The molecule has 0 aliphatic heterocycles. The summed E-state index contributed by atoms with van der Waals surface area (Å²) in [6, 6.07) is 17.2. The Morgan fingerprint density at radius 2 is 1.74 bits per heavy atom. The number of quaternary nitrogens is 1. The lowest BCUT2D eigenvalue weighted by atomic mass is 10.2. The fraction of sp³-hybridized carbons (Fsp3) is 0.133. The van der Waals surface area contributed by atoms with E-state index in [9.17, 15) is 4.79 Å². The smallest absolute Gasteiger partial charge is 0.279 e. The Kier molecular flexibility index (Phi) is 4.95. The predicted octanol–water partition coefficient (Wildman–Crippen LogP) is 2.04. The molecule has 0 spiro atoms. The maximum atomic E-state index is 11.7. The standard InChI is InChI=1S/C15H15ClN2O/c16-13-6-8-14(9-7-13)18-15(19)11-17-10-12-4-2-1-3-5-12/h1-9,17H,10-11H2,(H,18,19)/p+1. The molecule has 0 saturated carbocycles. The van der Waals surface area contributed by atoms with Crippen molar-refractivity contribution in [1.82, 2.24) is 0 Å². The molecule has 2 aromatic carbocycles. The summed E-state index contributed by atoms with van der Waals surface area (Å²) >= 11 is 5.78. The molecule has 2 rings (SSSR count). The summed E-state index contributed by atoms with van der Waals surface area (Å²) in [4.78, 5) is 11.7. The number of halogens is 1. The topological polar surface area (TPSA) is 45.7 Å². The van der Waals surface area contributed by atoms with Crippen LogP contribution in [0.5, 0.6) is 0 Å². The molecule has 3 N–H and O–H groups in total. The van der Waals surface area contributed by atoms with Crippen molar-refractivity contribution in [3.05, 3.63) is 65.2 Å². The number of amides is 1. The molecule has 0 aromatic heterocycles. The summed E-state index contributed by atoms with van der Waals surface area (Å²) in [6.45, 7) is 1.20. The van der Waals surface area contributed by atoms with Crippen LogP contribution in [0, 0.1) is 0 Å². The molecule has 0 aliphatic rings. The minimum absolute atomic E-state index is 0.0155. The van der Waals surface area contributed by atoms with Gasteiger partial charge in [0.05, 0.1) is 0 Å². The maximum absolute atomic E-state index is 11.7. The van der Waals surface area contributed by atoms with Crippen LogP contribution in [0.3, 0.4) is 0 Å². The lowest BCUT2D eigenvalue weighted by Gasteiger charge is -2.05. The number of benzene rings is 2. The van der Waals surface area contributed by atoms with Gasteiger partial charge < -0.3 is 10.6 Å². The van der Waals surface area contributed by atoms with Gasteiger partial charge in [-0.3, -0.25) is 4.79 Å². The van der Waals surface area contributed by atoms with Crippen molar-refractivity contribution in [2.45, 2.75) is 6.54 Å². The minimum Gasteiger partial charge on any atom is -0.335 e. The molecular formula is C15H16ClN2O+. The zero-order valence-corrected chi connectivity index (χ0v) is 11.2. The second kappa shape index (κ2) is 6.92. The first-order valence-corrected chi connectivity index (χ1v) is 6.53. The third-order valence-electron chi connectivity index (χ3n) is 2.68. The molecule has 98 valence electrons. The van der Waals surface area contributed by atoms with Gasteiger partial charge in [-0.2, -0.15) is 0 Å². The Labute approximate surface area is 117 Å². The molecule has 19 heavy (non-hydrogen) atoms. The van der Waals surface area contributed by atoms with Crippen LogP contribution >= 0.6 is 11.6 Å². The third-order valence-corrected chi connectivity index (χ3v) is 2.93. The van der Waals surface area contributed by atoms with E-state index < -0.39 is 0 Å². The Morgan fingerprint density at radius 1 is 1.05 bits per heavy atom. The molecule has 0 aliphatic carbocycles. The number of hydrogen-bond acceptors (Lipinski definition) is 1. The molecule has 4 heteroatoms. The van der Waals surface area contributed by atoms with Gasteiger partial charge in [-0.15, -0.1) is 0 Å². The number of carbonyl (C=O) groups excluding carboxylic acids is 1. The van der Waals surface area contributed by atoms with E-state index in [0.29, 0.717) is 11.6 Å². The molecule has 0 saturated heterocycles. The Balaban J connectivity index is 1.74. The van der Waals surface area contributed by atoms with Crippen molar-refractivity contribution >= 4 is 23.2 Å². The molecule has 0 radical (unpaired) electrons. The Hall–Kier alpha value is -1.84. The van der Waals surface area contributed by atoms with Crippen molar-refractivity contribution in [3.8, 4) is 0 Å². The SMILES string of the molecule is O=C(C[NH2+]Cc1ccccc1)Nc1ccc(Cl)cc1. The number of hydrogen-bond donors (Lipinski definition) is 2. The van der Waals surface area contributed by atoms with E-state index >= 15 is 0 Å². The largest absolute Gasteiger partial charge is 0.335 e. The first kappa shape index (κ1) is 13.6. The Bertz CT molecular complexity index is 526. The summed E-state index contributed by atoms with van der Waals surface area (Å²) in [7, 11) is 0. The third kappa shape index (κ3) is 4.73. The van der Waals surface area contributed by atoms with E-state index in [4.69, 9.17) is 11.6 Å². The summed E-state index contributed by atoms with van der Waals surface area (Å²) in [6.07, 6.45) is 0. The highest BCUT2D eigenvalue weighted by Gasteiger charge is 2.04. The van der Waals surface area contributed by atoms with Crippen molar-refractivity contribution in [3.63, 3.8) is 0 Å². The highest BCUT2D eigenvalue weighted by atomic mass is 35.5. The summed E-state index contributed by atoms with van der Waals surface area (Å²) in [5.41, 5.74) is 1.98. The van der Waals surface area contributed by atoms with Crippen LogP contribution in [0.15, 0.2) is 54.6 Å². The summed E-state index contributed by atoms with van der Waals surface area (Å²) < 4.78 is 0. The van der Waals surface area contributed by atoms with Crippen LogP contribution in [0.1, 0.15) is 5.56 Å². The number of carbonyl (C=O) groups is 1. The average molecular weight is 276 g/mol. The first-order valence-electron chi connectivity index (χ1n) is 6.15. The lowest BCUT2D eigenvalue weighted by Crippen LogP contribution is -2.84. The van der Waals surface area contributed by atoms with E-state index in [1.807, 2.05) is 35.6 Å². The zero-order valence-electron chi connectivity index (χ0n) is 10.5. The molecule has 0 fully saturated rings. The zero-order chi connectivity index (χ0) is 13.5. The van der Waals surface area contributed by atoms with Crippen LogP contribution in [-0.4, -0.2) is 12.5 Å². The van der Waals surface area contributed by atoms with E-state index in [2.05, 4.69) is 5.32 Å². The summed E-state index contributed by atoms with van der Waals surface area (Å²) in [5.74, 6) is -0.0155. The molecule has 0 unspecified atom stereocenters. The molecule has 2 aromatic rings. The lowest BCUT2D eigenvalue weighted by molar-refractivity contribution is -0.659. The highest BCUT2D eigenvalue weighted by Crippen LogP contribution is 2.12. The van der Waals surface area contributed by atoms with E-state index in [0.717, 1.165) is 12.2 Å². The second-order valence-corrected chi connectivity index (χ2v) is 4.67. The predicted molar refractivity (Wildman–Crippen MR) is 77.0 cm³/mol. The van der Waals surface area contributed by atoms with Crippen molar-refractivity contribution in [2.24, 2.45) is 0 Å². The minimum atomic E-state index is -0.0155. The monoisotopic (exact) mass is 275 g/mol. The van der Waals surface area contributed by atoms with Crippen LogP contribution in [0.2, 0.25) is 5.02 Å². The van der Waals surface area contributed by atoms with Gasteiger partial charge in [-0.1, -0.05) is 41.9 Å². The number of rotatable bonds is 5. The van der Waals surface area contributed by atoms with E-state index in [1.165, 1.54) is 5.56 Å². The van der Waals surface area contributed by atoms with Crippen LogP contribution in [0.25, 0.3) is 0 Å². The Morgan fingerprint density at radius 3 is 2.42 bits per heavy atom. The fourth-order valence-electron chi connectivity index (χ4n) is 1.73.